The van der Waals surface area contributed by atoms with E-state index in [0.29, 0.717) is 23.7 Å². The molecule has 20 heavy (non-hydrogen) atoms. The Morgan fingerprint density at radius 3 is 2.75 bits per heavy atom. The van der Waals surface area contributed by atoms with Gasteiger partial charge in [-0.2, -0.15) is 0 Å². The van der Waals surface area contributed by atoms with Crippen LogP contribution in [0.4, 0.5) is 4.39 Å². The van der Waals surface area contributed by atoms with E-state index in [2.05, 4.69) is 15.3 Å². The smallest absolute Gasteiger partial charge is 0.223 e. The van der Waals surface area contributed by atoms with Gasteiger partial charge in [-0.15, -0.1) is 0 Å². The molecular weight excluding hydrogens is 257 g/mol. The summed E-state index contributed by atoms with van der Waals surface area (Å²) in [6, 6.07) is 4.97. The largest absolute Gasteiger partial charge is 0.437 e. The van der Waals surface area contributed by atoms with Crippen LogP contribution in [0.5, 0.6) is 11.6 Å². The second kappa shape index (κ2) is 5.96. The molecule has 0 saturated carbocycles. The number of rotatable bonds is 4. The molecule has 0 aliphatic heterocycles. The van der Waals surface area contributed by atoms with Crippen molar-refractivity contribution in [3.05, 3.63) is 48.2 Å². The van der Waals surface area contributed by atoms with Crippen LogP contribution in [-0.2, 0) is 6.54 Å². The van der Waals surface area contributed by atoms with E-state index in [4.69, 9.17) is 4.74 Å². The third-order valence-electron chi connectivity index (χ3n) is 2.55. The van der Waals surface area contributed by atoms with E-state index in [1.165, 1.54) is 6.07 Å². The Morgan fingerprint density at radius 1 is 1.30 bits per heavy atom. The maximum atomic E-state index is 13.3. The molecule has 0 aliphatic rings. The van der Waals surface area contributed by atoms with Crippen molar-refractivity contribution in [2.24, 2.45) is 0 Å². The van der Waals surface area contributed by atoms with Crippen LogP contribution < -0.4 is 10.1 Å². The van der Waals surface area contributed by atoms with E-state index < -0.39 is 0 Å². The topological polar surface area (TPSA) is 47.0 Å². The fourth-order valence-corrected chi connectivity index (χ4v) is 1.57. The Morgan fingerprint density at radius 2 is 2.10 bits per heavy atom. The molecule has 2 heterocycles. The molecule has 0 radical (unpaired) electrons. The minimum Gasteiger partial charge on any atom is -0.437 e. The van der Waals surface area contributed by atoms with Crippen molar-refractivity contribution >= 4 is 0 Å². The molecule has 4 nitrogen and oxygen atoms in total. The van der Waals surface area contributed by atoms with Gasteiger partial charge in [0.05, 0.1) is 12.4 Å². The number of halogens is 1. The monoisotopic (exact) mass is 275 g/mol. The van der Waals surface area contributed by atoms with Gasteiger partial charge in [-0.3, -0.25) is 4.98 Å². The molecule has 2 aromatic heterocycles. The minimum atomic E-state index is -0.380. The fraction of sp³-hybridized carbons (Fsp3) is 0.333. The zero-order valence-electron chi connectivity index (χ0n) is 11.9. The van der Waals surface area contributed by atoms with Crippen LogP contribution in [0, 0.1) is 5.82 Å². The molecule has 0 saturated heterocycles. The van der Waals surface area contributed by atoms with Crippen molar-refractivity contribution in [2.45, 2.75) is 32.9 Å². The Labute approximate surface area is 118 Å². The van der Waals surface area contributed by atoms with Crippen molar-refractivity contribution < 1.29 is 9.13 Å². The number of nitrogens with one attached hydrogen (secondary N) is 1. The van der Waals surface area contributed by atoms with E-state index in [-0.39, 0.29) is 11.4 Å². The van der Waals surface area contributed by atoms with Crippen LogP contribution >= 0.6 is 0 Å². The van der Waals surface area contributed by atoms with Crippen molar-refractivity contribution in [2.75, 3.05) is 0 Å². The molecule has 0 amide bonds. The predicted molar refractivity (Wildman–Crippen MR) is 75.1 cm³/mol. The lowest BCUT2D eigenvalue weighted by Crippen LogP contribution is -2.35. The van der Waals surface area contributed by atoms with Gasteiger partial charge in [-0.05, 0) is 39.0 Å². The van der Waals surface area contributed by atoms with E-state index in [9.17, 15) is 4.39 Å². The van der Waals surface area contributed by atoms with E-state index >= 15 is 0 Å². The first-order chi connectivity index (χ1) is 9.44. The lowest BCUT2D eigenvalue weighted by atomic mass is 10.1. The second-order valence-electron chi connectivity index (χ2n) is 5.51. The van der Waals surface area contributed by atoms with Crippen molar-refractivity contribution in [1.82, 2.24) is 15.3 Å². The molecule has 0 unspecified atom stereocenters. The molecule has 0 bridgehead atoms. The van der Waals surface area contributed by atoms with Gasteiger partial charge >= 0.3 is 0 Å². The maximum absolute atomic E-state index is 13.3. The minimum absolute atomic E-state index is 0.0715. The van der Waals surface area contributed by atoms with Crippen LogP contribution in [0.15, 0.2) is 36.8 Å². The lowest BCUT2D eigenvalue weighted by Gasteiger charge is -2.21. The molecule has 2 rings (SSSR count). The van der Waals surface area contributed by atoms with Crippen LogP contribution in [-0.4, -0.2) is 15.5 Å². The first-order valence-electron chi connectivity index (χ1n) is 6.41. The highest BCUT2D eigenvalue weighted by Crippen LogP contribution is 2.23. The van der Waals surface area contributed by atoms with Crippen molar-refractivity contribution in [1.29, 1.82) is 0 Å². The number of ether oxygens (including phenoxy) is 1. The van der Waals surface area contributed by atoms with Gasteiger partial charge in [0.25, 0.3) is 0 Å². The zero-order valence-corrected chi connectivity index (χ0v) is 11.9. The first-order valence-corrected chi connectivity index (χ1v) is 6.41. The normalized spacial score (nSPS) is 11.4. The molecule has 0 atom stereocenters. The summed E-state index contributed by atoms with van der Waals surface area (Å²) in [6.07, 6.45) is 4.39. The molecule has 5 heteroatoms. The van der Waals surface area contributed by atoms with Crippen molar-refractivity contribution in [3.8, 4) is 11.6 Å². The predicted octanol–water partition coefficient (Wildman–Crippen LogP) is 3.30. The number of hydrogen-bond acceptors (Lipinski definition) is 4. The van der Waals surface area contributed by atoms with E-state index in [1.807, 2.05) is 20.8 Å². The number of pyridine rings is 2. The Hall–Kier alpha value is -2.01. The zero-order chi connectivity index (χ0) is 14.6. The molecule has 0 aliphatic carbocycles. The summed E-state index contributed by atoms with van der Waals surface area (Å²) in [5.41, 5.74) is 0.599. The third kappa shape index (κ3) is 4.28. The molecular formula is C15H18FN3O. The fourth-order valence-electron chi connectivity index (χ4n) is 1.57. The summed E-state index contributed by atoms with van der Waals surface area (Å²) < 4.78 is 19.0. The van der Waals surface area contributed by atoms with Gasteiger partial charge in [-0.25, -0.2) is 9.37 Å². The van der Waals surface area contributed by atoms with Gasteiger partial charge in [-0.1, -0.05) is 0 Å². The molecule has 0 spiro atoms. The highest BCUT2D eigenvalue weighted by atomic mass is 19.1. The number of nitrogens with zero attached hydrogens (tertiary/aromatic N) is 2. The summed E-state index contributed by atoms with van der Waals surface area (Å²) >= 11 is 0. The second-order valence-corrected chi connectivity index (χ2v) is 5.51. The summed E-state index contributed by atoms with van der Waals surface area (Å²) in [5.74, 6) is 0.578. The lowest BCUT2D eigenvalue weighted by molar-refractivity contribution is 0.406. The number of hydrogen-bond donors (Lipinski definition) is 1. The third-order valence-corrected chi connectivity index (χ3v) is 2.55. The van der Waals surface area contributed by atoms with E-state index in [1.54, 1.807) is 24.5 Å². The van der Waals surface area contributed by atoms with Gasteiger partial charge in [0, 0.05) is 23.8 Å². The van der Waals surface area contributed by atoms with Gasteiger partial charge in [0.15, 0.2) is 0 Å². The average molecular weight is 275 g/mol. The molecule has 106 valence electrons. The van der Waals surface area contributed by atoms with Crippen molar-refractivity contribution in [3.63, 3.8) is 0 Å². The summed E-state index contributed by atoms with van der Waals surface area (Å²) in [7, 11) is 0. The standard InChI is InChI=1S/C15H18FN3O/c1-15(2,3)19-8-11-7-12(16)9-18-14(11)20-13-5-4-6-17-10-13/h4-7,9-10,19H,8H2,1-3H3. The molecule has 0 fully saturated rings. The Balaban J connectivity index is 2.19. The van der Waals surface area contributed by atoms with Crippen LogP contribution in [0.2, 0.25) is 0 Å². The maximum Gasteiger partial charge on any atom is 0.223 e. The summed E-state index contributed by atoms with van der Waals surface area (Å²) in [5, 5.41) is 3.29. The van der Waals surface area contributed by atoms with Gasteiger partial charge in [0.1, 0.15) is 11.6 Å². The van der Waals surface area contributed by atoms with Crippen LogP contribution in [0.25, 0.3) is 0 Å². The summed E-state index contributed by atoms with van der Waals surface area (Å²) in [6.45, 7) is 6.61. The number of aromatic nitrogens is 2. The molecule has 1 N–H and O–H groups in total. The Bertz CT molecular complexity index is 567. The van der Waals surface area contributed by atoms with Gasteiger partial charge in [0.2, 0.25) is 5.88 Å². The average Bonchev–Trinajstić information content (AvgIpc) is 2.39. The SMILES string of the molecule is CC(C)(C)NCc1cc(F)cnc1Oc1cccnc1. The summed E-state index contributed by atoms with van der Waals surface area (Å²) in [4.78, 5) is 7.98. The van der Waals surface area contributed by atoms with Crippen LogP contribution in [0.3, 0.4) is 0 Å². The quantitative estimate of drug-likeness (QED) is 0.930. The molecule has 0 aromatic carbocycles. The molecule has 2 aromatic rings. The van der Waals surface area contributed by atoms with Gasteiger partial charge < -0.3 is 10.1 Å². The first kappa shape index (κ1) is 14.4. The van der Waals surface area contributed by atoms with E-state index in [0.717, 1.165) is 6.20 Å². The van der Waals surface area contributed by atoms with Crippen LogP contribution in [0.1, 0.15) is 26.3 Å². The highest BCUT2D eigenvalue weighted by Gasteiger charge is 2.13. The highest BCUT2D eigenvalue weighted by molar-refractivity contribution is 5.31. The Kier molecular flexibility index (Phi) is 4.29.